The second-order valence-electron chi connectivity index (χ2n) is 5.62. The van der Waals surface area contributed by atoms with E-state index >= 15 is 0 Å². The number of methoxy groups -OCH3 is 1. The number of hydrogen-bond donors (Lipinski definition) is 2. The van der Waals surface area contributed by atoms with Crippen LogP contribution in [-0.2, 0) is 14.3 Å². The average Bonchev–Trinajstić information content (AvgIpc) is 2.38. The molecule has 2 rings (SSSR count). The summed E-state index contributed by atoms with van der Waals surface area (Å²) in [6.45, 7) is 2.77. The Morgan fingerprint density at radius 1 is 1.42 bits per heavy atom. The molecule has 2 N–H and O–H groups in total. The molecule has 2 aliphatic rings. The highest BCUT2D eigenvalue weighted by molar-refractivity contribution is 5.76. The van der Waals surface area contributed by atoms with E-state index in [1.807, 2.05) is 0 Å². The lowest BCUT2D eigenvalue weighted by molar-refractivity contribution is -0.135. The Balaban J connectivity index is 1.56. The SMILES string of the molecule is COCCNC(=O)CCNC1CCOC2(CCC2)C1. The van der Waals surface area contributed by atoms with Crippen molar-refractivity contribution in [3.8, 4) is 0 Å². The van der Waals surface area contributed by atoms with E-state index in [1.165, 1.54) is 19.3 Å². The number of ether oxygens (including phenoxy) is 2. The molecule has 0 aromatic rings. The molecule has 5 nitrogen and oxygen atoms in total. The van der Waals surface area contributed by atoms with Crippen molar-refractivity contribution in [2.75, 3.05) is 33.4 Å². The number of amides is 1. The summed E-state index contributed by atoms with van der Waals surface area (Å²) in [7, 11) is 1.63. The molecule has 2 fully saturated rings. The van der Waals surface area contributed by atoms with Crippen LogP contribution in [0.1, 0.15) is 38.5 Å². The molecule has 0 aromatic carbocycles. The maximum Gasteiger partial charge on any atom is 0.221 e. The lowest BCUT2D eigenvalue weighted by atomic mass is 9.74. The van der Waals surface area contributed by atoms with E-state index in [1.54, 1.807) is 7.11 Å². The Morgan fingerprint density at radius 2 is 2.26 bits per heavy atom. The van der Waals surface area contributed by atoms with Crippen LogP contribution in [0.4, 0.5) is 0 Å². The van der Waals surface area contributed by atoms with Gasteiger partial charge < -0.3 is 20.1 Å². The minimum atomic E-state index is 0.0926. The first-order valence-electron chi connectivity index (χ1n) is 7.37. The minimum Gasteiger partial charge on any atom is -0.383 e. The molecular formula is C14H26N2O3. The highest BCUT2D eigenvalue weighted by Gasteiger charge is 2.42. The van der Waals surface area contributed by atoms with Gasteiger partial charge in [-0.05, 0) is 32.1 Å². The van der Waals surface area contributed by atoms with E-state index in [0.717, 1.165) is 26.0 Å². The van der Waals surface area contributed by atoms with Gasteiger partial charge in [-0.15, -0.1) is 0 Å². The molecule has 1 atom stereocenters. The first kappa shape index (κ1) is 14.8. The molecule has 1 aliphatic heterocycles. The van der Waals surface area contributed by atoms with Crippen LogP contribution in [-0.4, -0.2) is 51.0 Å². The minimum absolute atomic E-state index is 0.0926. The van der Waals surface area contributed by atoms with Crippen molar-refractivity contribution in [1.82, 2.24) is 10.6 Å². The number of nitrogens with one attached hydrogen (secondary N) is 2. The molecule has 1 saturated heterocycles. The third-order valence-corrected chi connectivity index (χ3v) is 4.17. The van der Waals surface area contributed by atoms with Gasteiger partial charge in [-0.25, -0.2) is 0 Å². The number of carbonyl (C=O) groups excluding carboxylic acids is 1. The zero-order chi connectivity index (χ0) is 13.6. The van der Waals surface area contributed by atoms with Crippen LogP contribution in [0.15, 0.2) is 0 Å². The molecule has 1 heterocycles. The molecule has 0 bridgehead atoms. The van der Waals surface area contributed by atoms with E-state index in [2.05, 4.69) is 10.6 Å². The molecule has 19 heavy (non-hydrogen) atoms. The smallest absolute Gasteiger partial charge is 0.221 e. The molecule has 1 amide bonds. The standard InChI is InChI=1S/C14H26N2O3/c1-18-10-8-16-13(17)3-7-15-12-4-9-19-14(11-12)5-2-6-14/h12,15H,2-11H2,1H3,(H,16,17). The lowest BCUT2D eigenvalue weighted by Gasteiger charge is -2.47. The Hall–Kier alpha value is -0.650. The summed E-state index contributed by atoms with van der Waals surface area (Å²) in [5, 5.41) is 6.33. The molecule has 0 radical (unpaired) electrons. The van der Waals surface area contributed by atoms with Crippen molar-refractivity contribution in [2.24, 2.45) is 0 Å². The summed E-state index contributed by atoms with van der Waals surface area (Å²) in [4.78, 5) is 11.5. The van der Waals surface area contributed by atoms with Crippen LogP contribution in [0.3, 0.4) is 0 Å². The van der Waals surface area contributed by atoms with Crippen molar-refractivity contribution in [3.05, 3.63) is 0 Å². The molecule has 1 unspecified atom stereocenters. The van der Waals surface area contributed by atoms with Crippen molar-refractivity contribution < 1.29 is 14.3 Å². The molecule has 1 aliphatic carbocycles. The van der Waals surface area contributed by atoms with Gasteiger partial charge in [0.15, 0.2) is 0 Å². The quantitative estimate of drug-likeness (QED) is 0.673. The number of rotatable bonds is 7. The highest BCUT2D eigenvalue weighted by atomic mass is 16.5. The maximum atomic E-state index is 11.5. The van der Waals surface area contributed by atoms with Crippen LogP contribution >= 0.6 is 0 Å². The maximum absolute atomic E-state index is 11.5. The molecule has 5 heteroatoms. The van der Waals surface area contributed by atoms with E-state index in [-0.39, 0.29) is 11.5 Å². The summed E-state index contributed by atoms with van der Waals surface area (Å²) >= 11 is 0. The monoisotopic (exact) mass is 270 g/mol. The van der Waals surface area contributed by atoms with Crippen LogP contribution in [0.5, 0.6) is 0 Å². The first-order chi connectivity index (χ1) is 9.24. The van der Waals surface area contributed by atoms with Gasteiger partial charge in [-0.3, -0.25) is 4.79 Å². The molecule has 1 saturated carbocycles. The third-order valence-electron chi connectivity index (χ3n) is 4.17. The van der Waals surface area contributed by atoms with Gasteiger partial charge in [0.05, 0.1) is 12.2 Å². The van der Waals surface area contributed by atoms with Crippen molar-refractivity contribution in [2.45, 2.75) is 50.2 Å². The van der Waals surface area contributed by atoms with Crippen molar-refractivity contribution >= 4 is 5.91 Å². The fourth-order valence-corrected chi connectivity index (χ4v) is 2.89. The summed E-state index contributed by atoms with van der Waals surface area (Å²) in [6.07, 6.45) is 6.43. The summed E-state index contributed by atoms with van der Waals surface area (Å²) < 4.78 is 10.8. The normalized spacial score (nSPS) is 25.0. The van der Waals surface area contributed by atoms with E-state index < -0.39 is 0 Å². The van der Waals surface area contributed by atoms with E-state index in [0.29, 0.717) is 25.6 Å². The summed E-state index contributed by atoms with van der Waals surface area (Å²) in [6, 6.07) is 0.515. The molecular weight excluding hydrogens is 244 g/mol. The zero-order valence-electron chi connectivity index (χ0n) is 11.9. The van der Waals surface area contributed by atoms with Gasteiger partial charge in [0.2, 0.25) is 5.91 Å². The summed E-state index contributed by atoms with van der Waals surface area (Å²) in [5.74, 6) is 0.0926. The van der Waals surface area contributed by atoms with E-state index in [9.17, 15) is 4.79 Å². The molecule has 1 spiro atoms. The Bertz CT molecular complexity index is 292. The van der Waals surface area contributed by atoms with Crippen LogP contribution < -0.4 is 10.6 Å². The lowest BCUT2D eigenvalue weighted by Crippen LogP contribution is -2.51. The zero-order valence-corrected chi connectivity index (χ0v) is 11.9. The van der Waals surface area contributed by atoms with Gasteiger partial charge in [-0.2, -0.15) is 0 Å². The van der Waals surface area contributed by atoms with Crippen LogP contribution in [0.2, 0.25) is 0 Å². The fraction of sp³-hybridized carbons (Fsp3) is 0.929. The highest BCUT2D eigenvalue weighted by Crippen LogP contribution is 2.42. The largest absolute Gasteiger partial charge is 0.383 e. The van der Waals surface area contributed by atoms with Gasteiger partial charge in [0.1, 0.15) is 0 Å². The van der Waals surface area contributed by atoms with E-state index in [4.69, 9.17) is 9.47 Å². The second-order valence-corrected chi connectivity index (χ2v) is 5.62. The van der Waals surface area contributed by atoms with Gasteiger partial charge in [-0.1, -0.05) is 0 Å². The Kier molecular flexibility index (Phi) is 5.60. The Morgan fingerprint density at radius 3 is 2.95 bits per heavy atom. The predicted octanol–water partition coefficient (Wildman–Crippen LogP) is 0.830. The topological polar surface area (TPSA) is 59.6 Å². The number of carbonyl (C=O) groups is 1. The predicted molar refractivity (Wildman–Crippen MR) is 73.1 cm³/mol. The third kappa shape index (κ3) is 4.44. The van der Waals surface area contributed by atoms with Gasteiger partial charge in [0.25, 0.3) is 0 Å². The number of hydrogen-bond acceptors (Lipinski definition) is 4. The van der Waals surface area contributed by atoms with Crippen LogP contribution in [0.25, 0.3) is 0 Å². The van der Waals surface area contributed by atoms with Crippen molar-refractivity contribution in [1.29, 1.82) is 0 Å². The van der Waals surface area contributed by atoms with Gasteiger partial charge in [0, 0.05) is 39.3 Å². The Labute approximate surface area is 115 Å². The fourth-order valence-electron chi connectivity index (χ4n) is 2.89. The average molecular weight is 270 g/mol. The van der Waals surface area contributed by atoms with Gasteiger partial charge >= 0.3 is 0 Å². The molecule has 0 aromatic heterocycles. The van der Waals surface area contributed by atoms with Crippen molar-refractivity contribution in [3.63, 3.8) is 0 Å². The second kappa shape index (κ2) is 7.22. The van der Waals surface area contributed by atoms with Crippen LogP contribution in [0, 0.1) is 0 Å². The molecule has 110 valence electrons. The summed E-state index contributed by atoms with van der Waals surface area (Å²) in [5.41, 5.74) is 0.177. The first-order valence-corrected chi connectivity index (χ1v) is 7.37.